The predicted octanol–water partition coefficient (Wildman–Crippen LogP) is 3.23. The van der Waals surface area contributed by atoms with Crippen molar-refractivity contribution in [3.8, 4) is 0 Å². The summed E-state index contributed by atoms with van der Waals surface area (Å²) in [6.45, 7) is 7.60. The summed E-state index contributed by atoms with van der Waals surface area (Å²) in [5, 5.41) is 9.67. The van der Waals surface area contributed by atoms with E-state index in [4.69, 9.17) is 16.3 Å². The number of carbonyl (C=O) groups is 2. The number of amides is 2. The molecule has 0 radical (unpaired) electrons. The fourth-order valence-corrected chi connectivity index (χ4v) is 3.21. The number of halogens is 1. The Labute approximate surface area is 183 Å². The van der Waals surface area contributed by atoms with Crippen molar-refractivity contribution in [2.24, 2.45) is 4.99 Å². The maximum absolute atomic E-state index is 12.0. The highest BCUT2D eigenvalue weighted by molar-refractivity contribution is 6.30. The first-order valence-corrected chi connectivity index (χ1v) is 10.5. The molecule has 1 aliphatic heterocycles. The number of likely N-dealkylation sites (tertiary alicyclic amines) is 1. The van der Waals surface area contributed by atoms with E-state index < -0.39 is 11.7 Å². The lowest BCUT2D eigenvalue weighted by Crippen LogP contribution is -2.44. The average Bonchev–Trinajstić information content (AvgIpc) is 3.10. The first-order chi connectivity index (χ1) is 14.2. The highest BCUT2D eigenvalue weighted by atomic mass is 35.5. The number of alkyl carbamates (subject to hydrolysis) is 1. The Hall–Kier alpha value is -2.48. The van der Waals surface area contributed by atoms with Crippen LogP contribution in [0, 0.1) is 0 Å². The van der Waals surface area contributed by atoms with Gasteiger partial charge in [0.1, 0.15) is 5.60 Å². The minimum Gasteiger partial charge on any atom is -0.444 e. The van der Waals surface area contributed by atoms with Crippen LogP contribution in [0.25, 0.3) is 0 Å². The van der Waals surface area contributed by atoms with Gasteiger partial charge >= 0.3 is 6.09 Å². The number of aliphatic imine (C=N–C) groups is 1. The first-order valence-electron chi connectivity index (χ1n) is 10.2. The SMILES string of the molecule is CN=C(NCCCC(=O)Nc1ccc(Cl)cc1)N1CCC(NC(=O)OC(C)(C)C)C1. The van der Waals surface area contributed by atoms with Crippen molar-refractivity contribution >= 4 is 35.2 Å². The second kappa shape index (κ2) is 11.1. The number of hydrogen-bond donors (Lipinski definition) is 3. The van der Waals surface area contributed by atoms with Crippen molar-refractivity contribution < 1.29 is 14.3 Å². The van der Waals surface area contributed by atoms with Crippen LogP contribution in [0.3, 0.4) is 0 Å². The molecule has 2 rings (SSSR count). The van der Waals surface area contributed by atoms with Gasteiger partial charge < -0.3 is 25.6 Å². The lowest BCUT2D eigenvalue weighted by molar-refractivity contribution is -0.116. The van der Waals surface area contributed by atoms with Gasteiger partial charge in [-0.05, 0) is 57.9 Å². The van der Waals surface area contributed by atoms with Crippen molar-refractivity contribution in [2.75, 3.05) is 32.0 Å². The molecule has 1 aliphatic rings. The Morgan fingerprint density at radius 1 is 1.27 bits per heavy atom. The van der Waals surface area contributed by atoms with Gasteiger partial charge in [-0.1, -0.05) is 11.6 Å². The summed E-state index contributed by atoms with van der Waals surface area (Å²) in [6, 6.07) is 7.04. The molecular formula is C21H32ClN5O3. The Morgan fingerprint density at radius 3 is 2.60 bits per heavy atom. The van der Waals surface area contributed by atoms with Gasteiger partial charge in [-0.3, -0.25) is 9.79 Å². The van der Waals surface area contributed by atoms with E-state index in [-0.39, 0.29) is 11.9 Å². The summed E-state index contributed by atoms with van der Waals surface area (Å²) in [6.07, 6.45) is 1.49. The van der Waals surface area contributed by atoms with Gasteiger partial charge in [-0.2, -0.15) is 0 Å². The number of nitrogens with one attached hydrogen (secondary N) is 3. The zero-order valence-electron chi connectivity index (χ0n) is 18.1. The molecule has 8 nitrogen and oxygen atoms in total. The zero-order chi connectivity index (χ0) is 22.1. The first kappa shape index (κ1) is 23.8. The van der Waals surface area contributed by atoms with Gasteiger partial charge in [-0.15, -0.1) is 0 Å². The maximum Gasteiger partial charge on any atom is 0.407 e. The van der Waals surface area contributed by atoms with Crippen LogP contribution in [-0.2, 0) is 9.53 Å². The molecule has 1 aromatic carbocycles. The number of hydrogen-bond acceptors (Lipinski definition) is 4. The molecule has 1 atom stereocenters. The second-order valence-electron chi connectivity index (χ2n) is 8.21. The third-order valence-electron chi connectivity index (χ3n) is 4.41. The quantitative estimate of drug-likeness (QED) is 0.361. The summed E-state index contributed by atoms with van der Waals surface area (Å²) in [5.74, 6) is 0.721. The number of benzene rings is 1. The van der Waals surface area contributed by atoms with E-state index >= 15 is 0 Å². The molecule has 0 bridgehead atoms. The fourth-order valence-electron chi connectivity index (χ4n) is 3.08. The third-order valence-corrected chi connectivity index (χ3v) is 4.66. The molecular weight excluding hydrogens is 406 g/mol. The molecule has 1 fully saturated rings. The van der Waals surface area contributed by atoms with E-state index in [0.717, 1.165) is 24.6 Å². The van der Waals surface area contributed by atoms with Crippen LogP contribution in [0.5, 0.6) is 0 Å². The normalized spacial score (nSPS) is 16.9. The highest BCUT2D eigenvalue weighted by Crippen LogP contribution is 2.14. The molecule has 1 unspecified atom stereocenters. The van der Waals surface area contributed by atoms with Crippen LogP contribution in [0.1, 0.15) is 40.0 Å². The Balaban J connectivity index is 1.67. The summed E-state index contributed by atoms with van der Waals surface area (Å²) < 4.78 is 5.31. The third kappa shape index (κ3) is 8.49. The number of nitrogens with zero attached hydrogens (tertiary/aromatic N) is 2. The van der Waals surface area contributed by atoms with Gasteiger partial charge in [0.25, 0.3) is 0 Å². The van der Waals surface area contributed by atoms with E-state index in [2.05, 4.69) is 25.8 Å². The standard InChI is InChI=1S/C21H32ClN5O3/c1-21(2,3)30-20(29)26-17-11-13-27(14-17)19(23-4)24-12-5-6-18(28)25-16-9-7-15(22)8-10-16/h7-10,17H,5-6,11-14H2,1-4H3,(H,23,24)(H,25,28)(H,26,29). The molecule has 0 aromatic heterocycles. The van der Waals surface area contributed by atoms with Gasteiger partial charge in [0.05, 0.1) is 6.04 Å². The zero-order valence-corrected chi connectivity index (χ0v) is 18.9. The highest BCUT2D eigenvalue weighted by Gasteiger charge is 2.27. The molecule has 2 amide bonds. The van der Waals surface area contributed by atoms with Gasteiger partial charge in [0.2, 0.25) is 5.91 Å². The van der Waals surface area contributed by atoms with Crippen molar-refractivity contribution in [1.29, 1.82) is 0 Å². The number of ether oxygens (including phenoxy) is 1. The van der Waals surface area contributed by atoms with Crippen LogP contribution in [-0.4, -0.2) is 61.2 Å². The Bertz CT molecular complexity index is 746. The minimum atomic E-state index is -0.514. The number of anilines is 1. The summed E-state index contributed by atoms with van der Waals surface area (Å²) in [5.41, 5.74) is 0.216. The molecule has 1 heterocycles. The lowest BCUT2D eigenvalue weighted by atomic mass is 10.2. The van der Waals surface area contributed by atoms with E-state index in [1.54, 1.807) is 31.3 Å². The van der Waals surface area contributed by atoms with Crippen LogP contribution >= 0.6 is 11.6 Å². The fraction of sp³-hybridized carbons (Fsp3) is 0.571. The average molecular weight is 438 g/mol. The molecule has 0 saturated carbocycles. The molecule has 3 N–H and O–H groups in total. The molecule has 166 valence electrons. The molecule has 0 spiro atoms. The molecule has 30 heavy (non-hydrogen) atoms. The number of rotatable bonds is 6. The van der Waals surface area contributed by atoms with Gasteiger partial charge in [0, 0.05) is 43.8 Å². The van der Waals surface area contributed by atoms with E-state index in [9.17, 15) is 9.59 Å². The van der Waals surface area contributed by atoms with Crippen molar-refractivity contribution in [3.05, 3.63) is 29.3 Å². The van der Waals surface area contributed by atoms with Crippen LogP contribution in [0.4, 0.5) is 10.5 Å². The number of guanidine groups is 1. The second-order valence-corrected chi connectivity index (χ2v) is 8.65. The summed E-state index contributed by atoms with van der Waals surface area (Å²) in [4.78, 5) is 30.4. The van der Waals surface area contributed by atoms with Crippen molar-refractivity contribution in [1.82, 2.24) is 15.5 Å². The van der Waals surface area contributed by atoms with Gasteiger partial charge in [0.15, 0.2) is 5.96 Å². The molecule has 1 saturated heterocycles. The molecule has 1 aromatic rings. The Kier molecular flexibility index (Phi) is 8.77. The topological polar surface area (TPSA) is 95.1 Å². The van der Waals surface area contributed by atoms with Crippen LogP contribution in [0.15, 0.2) is 29.3 Å². The van der Waals surface area contributed by atoms with Crippen LogP contribution < -0.4 is 16.0 Å². The monoisotopic (exact) mass is 437 g/mol. The number of carbonyl (C=O) groups excluding carboxylic acids is 2. The van der Waals surface area contributed by atoms with E-state index in [0.29, 0.717) is 31.0 Å². The minimum absolute atomic E-state index is 0.0172. The van der Waals surface area contributed by atoms with E-state index in [1.165, 1.54) is 0 Å². The predicted molar refractivity (Wildman–Crippen MR) is 120 cm³/mol. The van der Waals surface area contributed by atoms with Gasteiger partial charge in [-0.25, -0.2) is 4.79 Å². The van der Waals surface area contributed by atoms with E-state index in [1.807, 2.05) is 20.8 Å². The molecule has 0 aliphatic carbocycles. The molecule has 9 heteroatoms. The summed E-state index contributed by atoms with van der Waals surface area (Å²) in [7, 11) is 1.73. The largest absolute Gasteiger partial charge is 0.444 e. The Morgan fingerprint density at radius 2 is 1.97 bits per heavy atom. The summed E-state index contributed by atoms with van der Waals surface area (Å²) >= 11 is 5.84. The van der Waals surface area contributed by atoms with Crippen molar-refractivity contribution in [2.45, 2.75) is 51.7 Å². The van der Waals surface area contributed by atoms with Crippen LogP contribution in [0.2, 0.25) is 5.02 Å². The smallest absolute Gasteiger partial charge is 0.407 e. The maximum atomic E-state index is 12.0. The van der Waals surface area contributed by atoms with Crippen molar-refractivity contribution in [3.63, 3.8) is 0 Å². The lowest BCUT2D eigenvalue weighted by Gasteiger charge is -2.23.